The van der Waals surface area contributed by atoms with Gasteiger partial charge in [-0.25, -0.2) is 9.97 Å². The standard InChI is InChI=1S/C18H19N5O/c1-23-5-3-11-6-12(7-13(10-19)17(11)23)16-2-4-20-18(22-16)21-14-8-15(24)9-14/h2,4,6-7,14-15,24H,3,5,8-9H2,1H3,(H,20,21,22). The van der Waals surface area contributed by atoms with E-state index in [0.29, 0.717) is 11.5 Å². The first-order valence-electron chi connectivity index (χ1n) is 8.20. The smallest absolute Gasteiger partial charge is 0.223 e. The first-order valence-corrected chi connectivity index (χ1v) is 8.20. The highest BCUT2D eigenvalue weighted by atomic mass is 16.3. The van der Waals surface area contributed by atoms with Crippen molar-refractivity contribution in [3.05, 3.63) is 35.5 Å². The highest BCUT2D eigenvalue weighted by Crippen LogP contribution is 2.34. The molecule has 1 aromatic carbocycles. The van der Waals surface area contributed by atoms with Gasteiger partial charge in [0.05, 0.1) is 23.0 Å². The fourth-order valence-electron chi connectivity index (χ4n) is 3.45. The Hall–Kier alpha value is -2.65. The Labute approximate surface area is 140 Å². The number of hydrogen-bond acceptors (Lipinski definition) is 6. The number of nitriles is 1. The molecule has 0 spiro atoms. The van der Waals surface area contributed by atoms with Gasteiger partial charge in [-0.3, -0.25) is 0 Å². The van der Waals surface area contributed by atoms with Gasteiger partial charge < -0.3 is 15.3 Å². The summed E-state index contributed by atoms with van der Waals surface area (Å²) in [6.07, 6.45) is 3.93. The maximum Gasteiger partial charge on any atom is 0.223 e. The number of nitrogens with one attached hydrogen (secondary N) is 1. The second-order valence-corrected chi connectivity index (χ2v) is 6.55. The minimum absolute atomic E-state index is 0.211. The van der Waals surface area contributed by atoms with Gasteiger partial charge in [0, 0.05) is 31.4 Å². The zero-order valence-electron chi connectivity index (χ0n) is 13.5. The maximum atomic E-state index is 9.48. The summed E-state index contributed by atoms with van der Waals surface area (Å²) in [6.45, 7) is 0.939. The van der Waals surface area contributed by atoms with Crippen LogP contribution in [0.1, 0.15) is 24.0 Å². The van der Waals surface area contributed by atoms with Gasteiger partial charge in [-0.05, 0) is 43.0 Å². The molecular formula is C18H19N5O. The van der Waals surface area contributed by atoms with Crippen molar-refractivity contribution in [2.75, 3.05) is 23.8 Å². The topological polar surface area (TPSA) is 85.1 Å². The van der Waals surface area contributed by atoms with Gasteiger partial charge in [-0.15, -0.1) is 0 Å². The Balaban J connectivity index is 1.66. The number of fused-ring (bicyclic) bond motifs is 1. The molecule has 2 aliphatic rings. The minimum Gasteiger partial charge on any atom is -0.393 e. The molecule has 2 N–H and O–H groups in total. The minimum atomic E-state index is -0.211. The van der Waals surface area contributed by atoms with Crippen molar-refractivity contribution in [2.24, 2.45) is 0 Å². The molecule has 0 saturated heterocycles. The molecule has 1 aliphatic heterocycles. The van der Waals surface area contributed by atoms with Crippen LogP contribution in [0, 0.1) is 11.3 Å². The monoisotopic (exact) mass is 321 g/mol. The number of rotatable bonds is 3. The number of aliphatic hydroxyl groups is 1. The first-order chi connectivity index (χ1) is 11.6. The highest BCUT2D eigenvalue weighted by Gasteiger charge is 2.27. The van der Waals surface area contributed by atoms with Crippen LogP contribution >= 0.6 is 0 Å². The third-order valence-electron chi connectivity index (χ3n) is 4.81. The summed E-state index contributed by atoms with van der Waals surface area (Å²) in [4.78, 5) is 11.0. The molecule has 0 bridgehead atoms. The fourth-order valence-corrected chi connectivity index (χ4v) is 3.45. The fraction of sp³-hybridized carbons (Fsp3) is 0.389. The van der Waals surface area contributed by atoms with Gasteiger partial charge >= 0.3 is 0 Å². The molecule has 24 heavy (non-hydrogen) atoms. The van der Waals surface area contributed by atoms with E-state index in [1.54, 1.807) is 6.20 Å². The van der Waals surface area contributed by atoms with Crippen LogP contribution in [0.15, 0.2) is 24.4 Å². The molecule has 0 amide bonds. The lowest BCUT2D eigenvalue weighted by atomic mass is 9.90. The lowest BCUT2D eigenvalue weighted by molar-refractivity contribution is 0.0834. The number of anilines is 2. The summed E-state index contributed by atoms with van der Waals surface area (Å²) in [6, 6.07) is 8.43. The van der Waals surface area contributed by atoms with Crippen LogP contribution in [0.5, 0.6) is 0 Å². The van der Waals surface area contributed by atoms with E-state index < -0.39 is 0 Å². The van der Waals surface area contributed by atoms with Gasteiger partial charge in [-0.2, -0.15) is 5.26 Å². The van der Waals surface area contributed by atoms with Crippen LogP contribution in [-0.4, -0.2) is 40.8 Å². The summed E-state index contributed by atoms with van der Waals surface area (Å²) in [5.74, 6) is 0.570. The molecule has 1 fully saturated rings. The number of aliphatic hydroxyl groups excluding tert-OH is 1. The largest absolute Gasteiger partial charge is 0.393 e. The van der Waals surface area contributed by atoms with Crippen LogP contribution in [0.4, 0.5) is 11.6 Å². The van der Waals surface area contributed by atoms with Gasteiger partial charge in [0.15, 0.2) is 0 Å². The zero-order chi connectivity index (χ0) is 16.7. The van der Waals surface area contributed by atoms with Crippen molar-refractivity contribution < 1.29 is 5.11 Å². The predicted octanol–water partition coefficient (Wildman–Crippen LogP) is 1.94. The van der Waals surface area contributed by atoms with Crippen LogP contribution in [-0.2, 0) is 6.42 Å². The van der Waals surface area contributed by atoms with Gasteiger partial charge in [0.1, 0.15) is 6.07 Å². The number of hydrogen-bond donors (Lipinski definition) is 2. The molecule has 6 heteroatoms. The molecule has 0 atom stereocenters. The molecule has 6 nitrogen and oxygen atoms in total. The van der Waals surface area contributed by atoms with Crippen LogP contribution < -0.4 is 10.2 Å². The maximum absolute atomic E-state index is 9.48. The van der Waals surface area contributed by atoms with E-state index in [-0.39, 0.29) is 12.1 Å². The van der Waals surface area contributed by atoms with Gasteiger partial charge in [0.2, 0.25) is 5.95 Å². The predicted molar refractivity (Wildman–Crippen MR) is 91.8 cm³/mol. The lowest BCUT2D eigenvalue weighted by Gasteiger charge is -2.31. The third-order valence-corrected chi connectivity index (χ3v) is 4.81. The Kier molecular flexibility index (Phi) is 3.58. The van der Waals surface area contributed by atoms with Gasteiger partial charge in [-0.1, -0.05) is 0 Å². The van der Waals surface area contributed by atoms with Crippen molar-refractivity contribution in [3.63, 3.8) is 0 Å². The van der Waals surface area contributed by atoms with E-state index in [1.165, 1.54) is 5.56 Å². The molecule has 0 unspecified atom stereocenters. The second kappa shape index (κ2) is 5.77. The van der Waals surface area contributed by atoms with Crippen molar-refractivity contribution >= 4 is 11.6 Å². The van der Waals surface area contributed by atoms with Crippen LogP contribution in [0.3, 0.4) is 0 Å². The second-order valence-electron chi connectivity index (χ2n) is 6.55. The summed E-state index contributed by atoms with van der Waals surface area (Å²) in [7, 11) is 2.02. The zero-order valence-corrected chi connectivity index (χ0v) is 13.5. The Morgan fingerprint density at radius 1 is 1.38 bits per heavy atom. The average molecular weight is 321 g/mol. The average Bonchev–Trinajstić information content (AvgIpc) is 2.94. The molecule has 2 heterocycles. The molecular weight excluding hydrogens is 302 g/mol. The van der Waals surface area contributed by atoms with E-state index in [0.717, 1.165) is 42.8 Å². The molecule has 1 aromatic heterocycles. The third kappa shape index (κ3) is 2.57. The summed E-state index contributed by atoms with van der Waals surface area (Å²) >= 11 is 0. The van der Waals surface area contributed by atoms with Crippen molar-refractivity contribution in [3.8, 4) is 17.3 Å². The highest BCUT2D eigenvalue weighted by molar-refractivity contribution is 5.75. The molecule has 4 rings (SSSR count). The molecule has 122 valence electrons. The van der Waals surface area contributed by atoms with E-state index in [4.69, 9.17) is 0 Å². The van der Waals surface area contributed by atoms with Crippen LogP contribution in [0.25, 0.3) is 11.3 Å². The summed E-state index contributed by atoms with van der Waals surface area (Å²) in [5.41, 5.74) is 4.68. The Morgan fingerprint density at radius 3 is 2.96 bits per heavy atom. The Morgan fingerprint density at radius 2 is 2.21 bits per heavy atom. The quantitative estimate of drug-likeness (QED) is 0.899. The van der Waals surface area contributed by atoms with Crippen molar-refractivity contribution in [1.82, 2.24) is 9.97 Å². The number of aromatic nitrogens is 2. The van der Waals surface area contributed by atoms with Gasteiger partial charge in [0.25, 0.3) is 0 Å². The molecule has 1 saturated carbocycles. The molecule has 2 aromatic rings. The van der Waals surface area contributed by atoms with E-state index in [9.17, 15) is 10.4 Å². The van der Waals surface area contributed by atoms with Crippen molar-refractivity contribution in [1.29, 1.82) is 5.26 Å². The first kappa shape index (κ1) is 14.9. The SMILES string of the molecule is CN1CCc2cc(-c3ccnc(NC4CC(O)C4)n3)cc(C#N)c21. The number of benzene rings is 1. The van der Waals surface area contributed by atoms with E-state index in [2.05, 4.69) is 32.3 Å². The van der Waals surface area contributed by atoms with Crippen molar-refractivity contribution in [2.45, 2.75) is 31.4 Å². The molecule has 0 radical (unpaired) electrons. The summed E-state index contributed by atoms with van der Waals surface area (Å²) < 4.78 is 0. The molecule has 1 aliphatic carbocycles. The lowest BCUT2D eigenvalue weighted by Crippen LogP contribution is -2.39. The summed E-state index contributed by atoms with van der Waals surface area (Å²) in [5, 5.41) is 22.1. The van der Waals surface area contributed by atoms with E-state index in [1.807, 2.05) is 19.2 Å². The number of likely N-dealkylation sites (N-methyl/N-ethyl adjacent to an activating group) is 1. The normalized spacial score (nSPS) is 21.8. The Bertz CT molecular complexity index is 823. The van der Waals surface area contributed by atoms with E-state index >= 15 is 0 Å². The number of nitrogens with zero attached hydrogens (tertiary/aromatic N) is 4. The van der Waals surface area contributed by atoms with Crippen LogP contribution in [0.2, 0.25) is 0 Å².